The molecule has 5 atom stereocenters. The molecule has 0 heterocycles. The average molecular weight is 1470 g/mol. The van der Waals surface area contributed by atoms with Crippen LogP contribution in [0.4, 0.5) is 0 Å². The third-order valence-corrected chi connectivity index (χ3v) is 17.7. The van der Waals surface area contributed by atoms with Crippen LogP contribution in [-0.4, -0.2) is 96.7 Å². The summed E-state index contributed by atoms with van der Waals surface area (Å²) in [5.41, 5.74) is 0. The van der Waals surface area contributed by atoms with E-state index in [-0.39, 0.29) is 25.7 Å². The molecule has 0 saturated carbocycles. The van der Waals surface area contributed by atoms with Crippen molar-refractivity contribution in [3.05, 3.63) is 146 Å². The largest absolute Gasteiger partial charge is 0.472 e. The van der Waals surface area contributed by atoms with Gasteiger partial charge in [0.15, 0.2) is 12.2 Å². The average Bonchev–Trinajstić information content (AvgIpc) is 0.908. The van der Waals surface area contributed by atoms with Gasteiger partial charge in [0.1, 0.15) is 19.3 Å². The SMILES string of the molecule is CC/C=C\C/C=C\C/C=C\C/C=C\C/C=C\CCCC(=O)OCC(COP(=O)(O)OCC(O)COP(=O)(O)OCC(COC(=O)CCCCCCCCC/C=C\C/C=C\C/C=C\CC)OC(=O)CCCCCCC/C=C\C/C=C\CCCCC)OC(=O)CCCCCCC/C=C\C/C=C\CCC. The summed E-state index contributed by atoms with van der Waals surface area (Å²) in [5, 5.41) is 10.6. The number of ether oxygens (including phenoxy) is 4. The summed E-state index contributed by atoms with van der Waals surface area (Å²) < 4.78 is 68.5. The Balaban J connectivity index is 5.43. The van der Waals surface area contributed by atoms with E-state index in [1.54, 1.807) is 0 Å². The van der Waals surface area contributed by atoms with Crippen LogP contribution in [0.15, 0.2) is 146 Å². The number of unbranched alkanes of at least 4 members (excludes halogenated alkanes) is 22. The lowest BCUT2D eigenvalue weighted by Gasteiger charge is -2.21. The minimum Gasteiger partial charge on any atom is -0.462 e. The van der Waals surface area contributed by atoms with E-state index in [9.17, 15) is 43.2 Å². The number of allylic oxidation sites excluding steroid dienone is 24. The van der Waals surface area contributed by atoms with Crippen LogP contribution in [-0.2, 0) is 65.4 Å². The molecule has 102 heavy (non-hydrogen) atoms. The Morgan fingerprint density at radius 1 is 0.284 bits per heavy atom. The Labute approximate surface area is 617 Å². The van der Waals surface area contributed by atoms with Crippen LogP contribution in [0, 0.1) is 0 Å². The highest BCUT2D eigenvalue weighted by molar-refractivity contribution is 7.47. The molecule has 0 aliphatic carbocycles. The van der Waals surface area contributed by atoms with Crippen molar-refractivity contribution < 1.29 is 80.2 Å². The van der Waals surface area contributed by atoms with Crippen molar-refractivity contribution in [2.24, 2.45) is 0 Å². The molecule has 0 aliphatic heterocycles. The van der Waals surface area contributed by atoms with Gasteiger partial charge >= 0.3 is 39.5 Å². The van der Waals surface area contributed by atoms with Gasteiger partial charge in [-0.3, -0.25) is 37.3 Å². The summed E-state index contributed by atoms with van der Waals surface area (Å²) in [6.45, 7) is 4.45. The van der Waals surface area contributed by atoms with Gasteiger partial charge in [0.05, 0.1) is 26.4 Å². The lowest BCUT2D eigenvalue weighted by molar-refractivity contribution is -0.161. The Morgan fingerprint density at radius 3 is 0.863 bits per heavy atom. The molecule has 0 aliphatic rings. The number of hydrogen-bond donors (Lipinski definition) is 3. The van der Waals surface area contributed by atoms with Crippen molar-refractivity contribution >= 4 is 39.5 Å². The number of carbonyl (C=O) groups is 4. The highest BCUT2D eigenvalue weighted by Gasteiger charge is 2.30. The minimum atomic E-state index is -5.00. The van der Waals surface area contributed by atoms with Gasteiger partial charge in [-0.2, -0.15) is 0 Å². The second-order valence-electron chi connectivity index (χ2n) is 25.5. The van der Waals surface area contributed by atoms with Crippen molar-refractivity contribution in [1.29, 1.82) is 0 Å². The number of carbonyl (C=O) groups excluding carboxylic acids is 4. The Kier molecular flexibility index (Phi) is 70.5. The highest BCUT2D eigenvalue weighted by atomic mass is 31.2. The molecular formula is C83H138O17P2. The second-order valence-corrected chi connectivity index (χ2v) is 28.4. The van der Waals surface area contributed by atoms with Crippen molar-refractivity contribution in [1.82, 2.24) is 0 Å². The zero-order valence-corrected chi connectivity index (χ0v) is 65.3. The first kappa shape index (κ1) is 96.9. The summed E-state index contributed by atoms with van der Waals surface area (Å²) in [5.74, 6) is -2.29. The van der Waals surface area contributed by atoms with Crippen LogP contribution >= 0.6 is 15.6 Å². The Morgan fingerprint density at radius 2 is 0.539 bits per heavy atom. The van der Waals surface area contributed by atoms with Gasteiger partial charge in [-0.25, -0.2) is 9.13 Å². The zero-order chi connectivity index (χ0) is 74.6. The molecule has 0 aromatic carbocycles. The number of phosphoric ester groups is 2. The predicted octanol–water partition coefficient (Wildman–Crippen LogP) is 22.7. The lowest BCUT2D eigenvalue weighted by Crippen LogP contribution is -2.30. The molecular weight excluding hydrogens is 1330 g/mol. The van der Waals surface area contributed by atoms with Gasteiger partial charge in [0, 0.05) is 25.7 Å². The fraction of sp³-hybridized carbons (Fsp3) is 0.663. The van der Waals surface area contributed by atoms with Gasteiger partial charge in [-0.1, -0.05) is 263 Å². The monoisotopic (exact) mass is 1470 g/mol. The summed E-state index contributed by atoms with van der Waals surface area (Å²) in [7, 11) is -9.99. The molecule has 0 rings (SSSR count). The van der Waals surface area contributed by atoms with E-state index in [0.717, 1.165) is 193 Å². The first-order valence-corrected chi connectivity index (χ1v) is 42.1. The minimum absolute atomic E-state index is 0.0621. The van der Waals surface area contributed by atoms with Crippen LogP contribution in [0.1, 0.15) is 297 Å². The van der Waals surface area contributed by atoms with E-state index in [1.165, 1.54) is 19.3 Å². The maximum atomic E-state index is 13.1. The third-order valence-electron chi connectivity index (χ3n) is 15.7. The summed E-state index contributed by atoms with van der Waals surface area (Å²) in [6, 6.07) is 0. The van der Waals surface area contributed by atoms with Crippen LogP contribution in [0.3, 0.4) is 0 Å². The molecule has 582 valence electrons. The predicted molar refractivity (Wildman–Crippen MR) is 417 cm³/mol. The van der Waals surface area contributed by atoms with Crippen LogP contribution in [0.25, 0.3) is 0 Å². The molecule has 0 amide bonds. The van der Waals surface area contributed by atoms with Gasteiger partial charge in [0.2, 0.25) is 0 Å². The second kappa shape index (κ2) is 74.2. The van der Waals surface area contributed by atoms with E-state index >= 15 is 0 Å². The molecule has 0 saturated heterocycles. The molecule has 0 bridgehead atoms. The van der Waals surface area contributed by atoms with Gasteiger partial charge < -0.3 is 33.8 Å². The fourth-order valence-electron chi connectivity index (χ4n) is 9.87. The molecule has 0 radical (unpaired) electrons. The van der Waals surface area contributed by atoms with Crippen molar-refractivity contribution in [3.63, 3.8) is 0 Å². The van der Waals surface area contributed by atoms with E-state index in [2.05, 4.69) is 161 Å². The number of rotatable bonds is 72. The van der Waals surface area contributed by atoms with Gasteiger partial charge in [-0.15, -0.1) is 0 Å². The number of aliphatic hydroxyl groups is 1. The van der Waals surface area contributed by atoms with Gasteiger partial charge in [0.25, 0.3) is 0 Å². The highest BCUT2D eigenvalue weighted by Crippen LogP contribution is 2.45. The molecule has 5 unspecified atom stereocenters. The van der Waals surface area contributed by atoms with Crippen molar-refractivity contribution in [2.75, 3.05) is 39.6 Å². The maximum Gasteiger partial charge on any atom is 0.472 e. The number of aliphatic hydroxyl groups excluding tert-OH is 1. The van der Waals surface area contributed by atoms with E-state index < -0.39 is 97.5 Å². The topological polar surface area (TPSA) is 237 Å². The number of esters is 4. The van der Waals surface area contributed by atoms with Crippen LogP contribution in [0.2, 0.25) is 0 Å². The first-order valence-electron chi connectivity index (χ1n) is 39.1. The standard InChI is InChI=1S/C83H138O17P2/c1-5-9-13-17-21-25-29-33-36-38-41-44-47-51-55-59-63-67-80(85)93-73-78(99-82(87)69-65-61-57-53-49-43-32-28-24-20-16-12-8-4)75-97-101(89,90)95-71-77(84)72-96-102(91,92)98-76-79(100-83(88)70-66-62-58-54-50-46-40-35-31-27-23-19-15-11-7-3)74-94-81(86)68-64-60-56-52-48-45-42-39-37-34-30-26-22-18-14-10-6-2/h9-10,13-14,16,20-23,25-28,32-37,40-41,44,51,55,77-79,84H,5-8,11-12,15,17-19,24,29-31,38-39,42-43,45-50,52-54,56-76H2,1-4H3,(H,89,90)(H,91,92)/b13-9-,14-10-,20-16-,25-21-,26-22-,27-23-,32-28-,36-33-,37-34-,40-35-,44-41-,55-51-. The number of hydrogen-bond acceptors (Lipinski definition) is 15. The van der Waals surface area contributed by atoms with Crippen molar-refractivity contribution in [3.8, 4) is 0 Å². The first-order chi connectivity index (χ1) is 49.7. The van der Waals surface area contributed by atoms with E-state index in [0.29, 0.717) is 32.1 Å². The number of phosphoric acid groups is 2. The van der Waals surface area contributed by atoms with E-state index in [1.807, 2.05) is 12.2 Å². The molecule has 3 N–H and O–H groups in total. The molecule has 0 aromatic heterocycles. The Hall–Kier alpha value is -5.06. The molecule has 19 heteroatoms. The molecule has 0 aromatic rings. The molecule has 17 nitrogen and oxygen atoms in total. The molecule has 0 fully saturated rings. The summed E-state index contributed by atoms with van der Waals surface area (Å²) >= 11 is 0. The van der Waals surface area contributed by atoms with Crippen LogP contribution < -0.4 is 0 Å². The quantitative estimate of drug-likeness (QED) is 0.0169. The summed E-state index contributed by atoms with van der Waals surface area (Å²) in [6.07, 6.45) is 84.1. The van der Waals surface area contributed by atoms with Crippen LogP contribution in [0.5, 0.6) is 0 Å². The Bertz CT molecular complexity index is 2510. The third kappa shape index (κ3) is 73.3. The fourth-order valence-corrected chi connectivity index (χ4v) is 11.4. The zero-order valence-electron chi connectivity index (χ0n) is 63.5. The summed E-state index contributed by atoms with van der Waals surface area (Å²) in [4.78, 5) is 72.9. The maximum absolute atomic E-state index is 13.1. The van der Waals surface area contributed by atoms with Gasteiger partial charge in [-0.05, 0) is 154 Å². The lowest BCUT2D eigenvalue weighted by atomic mass is 10.1. The molecule has 0 spiro atoms. The van der Waals surface area contributed by atoms with Crippen molar-refractivity contribution in [2.45, 2.75) is 316 Å². The van der Waals surface area contributed by atoms with E-state index in [4.69, 9.17) is 37.0 Å². The normalized spacial score (nSPS) is 14.7. The smallest absolute Gasteiger partial charge is 0.462 e.